The second-order valence-corrected chi connectivity index (χ2v) is 11.2. The Kier molecular flexibility index (Phi) is 15.0. The molecule has 0 radical (unpaired) electrons. The van der Waals surface area contributed by atoms with Crippen molar-refractivity contribution in [3.8, 4) is 0 Å². The van der Waals surface area contributed by atoms with E-state index in [1.165, 1.54) is 13.8 Å². The molecule has 0 aliphatic carbocycles. The van der Waals surface area contributed by atoms with E-state index in [-0.39, 0.29) is 25.3 Å². The van der Waals surface area contributed by atoms with E-state index in [1.54, 1.807) is 88.4 Å². The number of hydrogen-bond acceptors (Lipinski definition) is 8. The Morgan fingerprint density at radius 1 is 0.478 bits per heavy atom. The molecule has 0 saturated heterocycles. The predicted molar refractivity (Wildman–Crippen MR) is 169 cm³/mol. The highest BCUT2D eigenvalue weighted by molar-refractivity contribution is 5.99. The molecule has 0 saturated carbocycles. The van der Waals surface area contributed by atoms with Crippen LogP contribution in [0.15, 0.2) is 60.7 Å². The molecule has 14 nitrogen and oxygen atoms in total. The summed E-state index contributed by atoms with van der Waals surface area (Å²) in [5, 5.41) is 14.9. The van der Waals surface area contributed by atoms with Crippen LogP contribution in [0, 0.1) is 0 Å². The fourth-order valence-electron chi connectivity index (χ4n) is 3.94. The Morgan fingerprint density at radius 2 is 0.804 bits per heavy atom. The number of amides is 6. The zero-order valence-electron chi connectivity index (χ0n) is 26.9. The van der Waals surface area contributed by atoms with E-state index in [9.17, 15) is 28.8 Å². The molecule has 2 aromatic rings. The highest BCUT2D eigenvalue weighted by Crippen LogP contribution is 2.06. The first-order valence-corrected chi connectivity index (χ1v) is 14.9. The van der Waals surface area contributed by atoms with Gasteiger partial charge in [0.2, 0.25) is 23.6 Å². The van der Waals surface area contributed by atoms with Crippen LogP contribution in [0.2, 0.25) is 0 Å². The molecule has 4 atom stereocenters. The number of carbonyl (C=O) groups excluding carboxylic acids is 6. The van der Waals surface area contributed by atoms with Crippen LogP contribution in [0.25, 0.3) is 0 Å². The van der Waals surface area contributed by atoms with E-state index in [2.05, 4.69) is 31.9 Å². The van der Waals surface area contributed by atoms with Gasteiger partial charge in [-0.05, 0) is 52.7 Å². The number of benzene rings is 2. The molecule has 0 spiro atoms. The molecular weight excluding hydrogens is 596 g/mol. The fourth-order valence-corrected chi connectivity index (χ4v) is 3.94. The summed E-state index contributed by atoms with van der Waals surface area (Å²) in [7, 11) is 0. The van der Waals surface area contributed by atoms with Crippen molar-refractivity contribution in [3.63, 3.8) is 0 Å². The summed E-state index contributed by atoms with van der Waals surface area (Å²) in [6.45, 7) is 9.45. The predicted octanol–water partition coefficient (Wildman–Crippen LogP) is 1.64. The van der Waals surface area contributed by atoms with E-state index in [4.69, 9.17) is 9.47 Å². The number of carbonyl (C=O) groups is 6. The maximum absolute atomic E-state index is 13.6. The van der Waals surface area contributed by atoms with Crippen molar-refractivity contribution in [2.24, 2.45) is 0 Å². The van der Waals surface area contributed by atoms with Crippen molar-refractivity contribution >= 4 is 35.8 Å². The number of nitrogens with one attached hydrogen (secondary N) is 6. The van der Waals surface area contributed by atoms with E-state index >= 15 is 0 Å². The van der Waals surface area contributed by atoms with Gasteiger partial charge in [0.15, 0.2) is 0 Å². The lowest BCUT2D eigenvalue weighted by atomic mass is 10.1. The minimum atomic E-state index is -1.82. The van der Waals surface area contributed by atoms with Gasteiger partial charge in [-0.1, -0.05) is 60.7 Å². The molecule has 6 N–H and O–H groups in total. The molecule has 250 valence electrons. The van der Waals surface area contributed by atoms with Crippen LogP contribution in [-0.4, -0.2) is 72.1 Å². The van der Waals surface area contributed by atoms with Gasteiger partial charge < -0.3 is 41.4 Å². The summed E-state index contributed by atoms with van der Waals surface area (Å²) in [6, 6.07) is 11.2. The number of ether oxygens (including phenoxy) is 2. The zero-order chi connectivity index (χ0) is 34.2. The summed E-state index contributed by atoms with van der Waals surface area (Å²) in [5.74, 6) is -3.04. The molecule has 0 bridgehead atoms. The monoisotopic (exact) mass is 640 g/mol. The molecule has 14 heteroatoms. The van der Waals surface area contributed by atoms with Crippen LogP contribution < -0.4 is 31.9 Å². The Bertz CT molecular complexity index is 1220. The molecule has 0 heterocycles. The van der Waals surface area contributed by atoms with Crippen molar-refractivity contribution in [3.05, 3.63) is 71.8 Å². The van der Waals surface area contributed by atoms with E-state index in [1.807, 2.05) is 0 Å². The van der Waals surface area contributed by atoms with E-state index in [0.29, 0.717) is 11.1 Å². The van der Waals surface area contributed by atoms with Crippen molar-refractivity contribution in [1.82, 2.24) is 31.9 Å². The Labute approximate surface area is 268 Å². The van der Waals surface area contributed by atoms with Crippen LogP contribution in [0.4, 0.5) is 9.59 Å². The van der Waals surface area contributed by atoms with Gasteiger partial charge in [0.1, 0.15) is 37.4 Å². The lowest BCUT2D eigenvalue weighted by Gasteiger charge is -2.29. The minimum Gasteiger partial charge on any atom is -0.445 e. The van der Waals surface area contributed by atoms with Gasteiger partial charge in [0, 0.05) is 12.1 Å². The number of alkyl carbamates (subject to hydrolysis) is 2. The van der Waals surface area contributed by atoms with Crippen molar-refractivity contribution < 1.29 is 38.2 Å². The van der Waals surface area contributed by atoms with Gasteiger partial charge in [-0.15, -0.1) is 0 Å². The third kappa shape index (κ3) is 13.2. The fraction of sp³-hybridized carbons (Fsp3) is 0.438. The summed E-state index contributed by atoms with van der Waals surface area (Å²) >= 11 is 0. The molecule has 0 aromatic heterocycles. The van der Waals surface area contributed by atoms with Gasteiger partial charge in [0.25, 0.3) is 0 Å². The van der Waals surface area contributed by atoms with Gasteiger partial charge in [-0.3, -0.25) is 19.2 Å². The molecule has 46 heavy (non-hydrogen) atoms. The molecular formula is C32H44N6O8. The summed E-state index contributed by atoms with van der Waals surface area (Å²) < 4.78 is 10.5. The second kappa shape index (κ2) is 18.6. The first kappa shape index (κ1) is 37.0. The Balaban J connectivity index is 2.37. The quantitative estimate of drug-likeness (QED) is 0.169. The minimum absolute atomic E-state index is 0.163. The van der Waals surface area contributed by atoms with Crippen LogP contribution in [0.3, 0.4) is 0 Å². The zero-order valence-corrected chi connectivity index (χ0v) is 26.9. The van der Waals surface area contributed by atoms with Gasteiger partial charge in [-0.25, -0.2) is 9.59 Å². The molecule has 6 amide bonds. The summed E-state index contributed by atoms with van der Waals surface area (Å²) in [5.41, 5.74) is 1.30. The highest BCUT2D eigenvalue weighted by atomic mass is 16.6. The SMILES string of the molecule is CC(C)NC(=O)C(C)NC(=O)C(NC(=O)OCc1ccccc1)C(NC(=O)OCc1ccccc1)C(=O)NC(C)C(=O)NC(C)C. The lowest BCUT2D eigenvalue weighted by Crippen LogP contribution is -2.66. The van der Waals surface area contributed by atoms with E-state index < -0.39 is 60.0 Å². The maximum atomic E-state index is 13.6. The molecule has 0 fully saturated rings. The van der Waals surface area contributed by atoms with Crippen LogP contribution in [0.5, 0.6) is 0 Å². The van der Waals surface area contributed by atoms with Gasteiger partial charge in [0.05, 0.1) is 0 Å². The molecule has 4 unspecified atom stereocenters. The van der Waals surface area contributed by atoms with Crippen molar-refractivity contribution in [2.75, 3.05) is 0 Å². The van der Waals surface area contributed by atoms with Gasteiger partial charge in [-0.2, -0.15) is 0 Å². The molecule has 0 aliphatic rings. The number of hydrogen-bond donors (Lipinski definition) is 6. The first-order valence-electron chi connectivity index (χ1n) is 14.9. The molecule has 2 rings (SSSR count). The average Bonchev–Trinajstić information content (AvgIpc) is 3.00. The van der Waals surface area contributed by atoms with Crippen molar-refractivity contribution in [1.29, 1.82) is 0 Å². The highest BCUT2D eigenvalue weighted by Gasteiger charge is 2.39. The Morgan fingerprint density at radius 3 is 1.11 bits per heavy atom. The third-order valence-electron chi connectivity index (χ3n) is 6.24. The second-order valence-electron chi connectivity index (χ2n) is 11.2. The Hall–Kier alpha value is -5.14. The standard InChI is InChI=1S/C32H44N6O8/c1-19(2)33-27(39)21(5)35-29(41)25(37-31(43)45-17-23-13-9-7-10-14-23)26(30(42)36-22(6)28(40)34-20(3)4)38-32(44)46-18-24-15-11-8-12-16-24/h7-16,19-22,25-26H,17-18H2,1-6H3,(H,33,39)(H,34,40)(H,35,41)(H,36,42)(H,37,43)(H,38,44). The molecule has 0 aliphatic heterocycles. The lowest BCUT2D eigenvalue weighted by molar-refractivity contribution is -0.134. The summed E-state index contributed by atoms with van der Waals surface area (Å²) in [6.07, 6.45) is -2.18. The van der Waals surface area contributed by atoms with Gasteiger partial charge >= 0.3 is 12.2 Å². The topological polar surface area (TPSA) is 193 Å². The molecule has 2 aromatic carbocycles. The summed E-state index contributed by atoms with van der Waals surface area (Å²) in [4.78, 5) is 78.2. The average molecular weight is 641 g/mol. The normalized spacial score (nSPS) is 13.3. The largest absolute Gasteiger partial charge is 0.445 e. The van der Waals surface area contributed by atoms with Crippen LogP contribution in [-0.2, 0) is 41.9 Å². The van der Waals surface area contributed by atoms with Crippen molar-refractivity contribution in [2.45, 2.75) is 91.0 Å². The van der Waals surface area contributed by atoms with Crippen LogP contribution >= 0.6 is 0 Å². The smallest absolute Gasteiger partial charge is 0.408 e. The maximum Gasteiger partial charge on any atom is 0.408 e. The first-order chi connectivity index (χ1) is 21.8. The van der Waals surface area contributed by atoms with E-state index in [0.717, 1.165) is 0 Å². The van der Waals surface area contributed by atoms with Crippen LogP contribution in [0.1, 0.15) is 52.7 Å². The number of rotatable bonds is 15. The third-order valence-corrected chi connectivity index (χ3v) is 6.24.